The summed E-state index contributed by atoms with van der Waals surface area (Å²) in [6, 6.07) is 10.6. The van der Waals surface area contributed by atoms with Gasteiger partial charge in [-0.3, -0.25) is 4.98 Å². The molecule has 2 aromatic rings. The van der Waals surface area contributed by atoms with Crippen LogP contribution >= 0.6 is 31.9 Å². The zero-order chi connectivity index (χ0) is 13.8. The van der Waals surface area contributed by atoms with Gasteiger partial charge in [0.1, 0.15) is 0 Å². The van der Waals surface area contributed by atoms with Gasteiger partial charge in [0.25, 0.3) is 0 Å². The van der Waals surface area contributed by atoms with Gasteiger partial charge in [0.15, 0.2) is 0 Å². The number of halogens is 2. The maximum absolute atomic E-state index is 4.48. The first kappa shape index (κ1) is 14.7. The fraction of sp³-hybridized carbons (Fsp3) is 0.267. The molecule has 2 nitrogen and oxygen atoms in total. The highest BCUT2D eigenvalue weighted by Gasteiger charge is 2.15. The Morgan fingerprint density at radius 1 is 1.26 bits per heavy atom. The highest BCUT2D eigenvalue weighted by atomic mass is 79.9. The average molecular weight is 384 g/mol. The maximum Gasteiger partial charge on any atom is 0.0451 e. The second kappa shape index (κ2) is 6.64. The van der Waals surface area contributed by atoms with Gasteiger partial charge in [0, 0.05) is 33.3 Å². The predicted octanol–water partition coefficient (Wildman–Crippen LogP) is 4.42. The van der Waals surface area contributed by atoms with Crippen LogP contribution in [0.5, 0.6) is 0 Å². The van der Waals surface area contributed by atoms with Crippen LogP contribution in [0.15, 0.2) is 45.5 Å². The van der Waals surface area contributed by atoms with Crippen LogP contribution in [-0.2, 0) is 6.42 Å². The van der Waals surface area contributed by atoms with Crippen molar-refractivity contribution in [3.8, 4) is 0 Å². The fourth-order valence-electron chi connectivity index (χ4n) is 2.07. The summed E-state index contributed by atoms with van der Waals surface area (Å²) >= 11 is 7.15. The van der Waals surface area contributed by atoms with Crippen molar-refractivity contribution >= 4 is 31.9 Å². The van der Waals surface area contributed by atoms with Gasteiger partial charge < -0.3 is 5.32 Å². The topological polar surface area (TPSA) is 24.9 Å². The van der Waals surface area contributed by atoms with E-state index < -0.39 is 0 Å². The van der Waals surface area contributed by atoms with Crippen LogP contribution in [-0.4, -0.2) is 12.0 Å². The molecule has 0 radical (unpaired) electrons. The molecule has 1 aromatic carbocycles. The Labute approximate surface area is 130 Å². The number of likely N-dealkylation sites (N-methyl/N-ethyl adjacent to an activating group) is 1. The Morgan fingerprint density at radius 3 is 2.74 bits per heavy atom. The van der Waals surface area contributed by atoms with Gasteiger partial charge in [-0.2, -0.15) is 0 Å². The molecule has 1 aromatic heterocycles. The van der Waals surface area contributed by atoms with Crippen molar-refractivity contribution in [2.45, 2.75) is 19.4 Å². The van der Waals surface area contributed by atoms with Gasteiger partial charge in [-0.15, -0.1) is 0 Å². The lowest BCUT2D eigenvalue weighted by molar-refractivity contribution is 0.580. The largest absolute Gasteiger partial charge is 0.313 e. The molecule has 0 saturated heterocycles. The van der Waals surface area contributed by atoms with Crippen LogP contribution < -0.4 is 5.32 Å². The number of hydrogen-bond donors (Lipinski definition) is 1. The molecule has 0 aliphatic rings. The fourth-order valence-corrected chi connectivity index (χ4v) is 2.98. The zero-order valence-electron chi connectivity index (χ0n) is 11.0. The van der Waals surface area contributed by atoms with Crippen molar-refractivity contribution < 1.29 is 0 Å². The molecule has 0 bridgehead atoms. The van der Waals surface area contributed by atoms with E-state index in [4.69, 9.17) is 0 Å². The lowest BCUT2D eigenvalue weighted by atomic mass is 10.00. The third-order valence-corrected chi connectivity index (χ3v) is 4.41. The Kier molecular flexibility index (Phi) is 5.13. The number of hydrogen-bond acceptors (Lipinski definition) is 2. The van der Waals surface area contributed by atoms with Crippen LogP contribution in [0.2, 0.25) is 0 Å². The lowest BCUT2D eigenvalue weighted by Crippen LogP contribution is -2.20. The monoisotopic (exact) mass is 382 g/mol. The van der Waals surface area contributed by atoms with E-state index in [1.807, 2.05) is 25.4 Å². The molecule has 4 heteroatoms. The van der Waals surface area contributed by atoms with Gasteiger partial charge in [0.05, 0.1) is 0 Å². The molecule has 0 amide bonds. The Bertz CT molecular complexity index is 570. The summed E-state index contributed by atoms with van der Waals surface area (Å²) < 4.78 is 2.20. The molecule has 0 fully saturated rings. The maximum atomic E-state index is 4.48. The number of nitrogens with zero attached hydrogens (tertiary/aromatic N) is 1. The second-order valence-electron chi connectivity index (χ2n) is 4.48. The van der Waals surface area contributed by atoms with E-state index in [0.29, 0.717) is 0 Å². The molecule has 0 spiro atoms. The van der Waals surface area contributed by atoms with E-state index in [2.05, 4.69) is 67.3 Å². The molecule has 0 aliphatic heterocycles. The summed E-state index contributed by atoms with van der Waals surface area (Å²) in [7, 11) is 1.98. The highest BCUT2D eigenvalue weighted by molar-refractivity contribution is 9.11. The van der Waals surface area contributed by atoms with Gasteiger partial charge in [0.2, 0.25) is 0 Å². The summed E-state index contributed by atoms with van der Waals surface area (Å²) in [6.45, 7) is 2.10. The van der Waals surface area contributed by atoms with Crippen LogP contribution in [0.25, 0.3) is 0 Å². The van der Waals surface area contributed by atoms with Crippen LogP contribution in [0.3, 0.4) is 0 Å². The van der Waals surface area contributed by atoms with Gasteiger partial charge in [-0.05, 0) is 49.4 Å². The molecule has 1 N–H and O–H groups in total. The standard InChI is InChI=1S/C15H16Br2N2/c1-10-4-3-7-19-14(10)9-15(18-2)12-8-11(16)5-6-13(12)17/h3-8,15,18H,9H2,1-2H3. The first-order valence-corrected chi connectivity index (χ1v) is 7.73. The first-order chi connectivity index (χ1) is 9.11. The Hall–Kier alpha value is -0.710. The Balaban J connectivity index is 2.30. The summed E-state index contributed by atoms with van der Waals surface area (Å²) in [5.41, 5.74) is 3.60. The molecular weight excluding hydrogens is 368 g/mol. The van der Waals surface area contributed by atoms with Crippen LogP contribution in [0.4, 0.5) is 0 Å². The van der Waals surface area contributed by atoms with Gasteiger partial charge in [-0.25, -0.2) is 0 Å². The summed E-state index contributed by atoms with van der Waals surface area (Å²) in [6.07, 6.45) is 2.73. The Morgan fingerprint density at radius 2 is 2.05 bits per heavy atom. The van der Waals surface area contributed by atoms with E-state index in [-0.39, 0.29) is 6.04 Å². The number of benzene rings is 1. The van der Waals surface area contributed by atoms with Crippen molar-refractivity contribution in [1.82, 2.24) is 10.3 Å². The van der Waals surface area contributed by atoms with E-state index in [9.17, 15) is 0 Å². The molecular formula is C15H16Br2N2. The molecule has 19 heavy (non-hydrogen) atoms. The molecule has 2 rings (SSSR count). The smallest absolute Gasteiger partial charge is 0.0451 e. The minimum atomic E-state index is 0.237. The van der Waals surface area contributed by atoms with E-state index in [1.165, 1.54) is 11.1 Å². The summed E-state index contributed by atoms with van der Waals surface area (Å²) in [4.78, 5) is 4.48. The van der Waals surface area contributed by atoms with Crippen molar-refractivity contribution in [3.05, 3.63) is 62.3 Å². The third-order valence-electron chi connectivity index (χ3n) is 3.20. The highest BCUT2D eigenvalue weighted by Crippen LogP contribution is 2.29. The predicted molar refractivity (Wildman–Crippen MR) is 86.3 cm³/mol. The molecule has 1 heterocycles. The van der Waals surface area contributed by atoms with Crippen molar-refractivity contribution in [1.29, 1.82) is 0 Å². The number of aromatic nitrogens is 1. The SMILES string of the molecule is CNC(Cc1ncccc1C)c1cc(Br)ccc1Br. The minimum Gasteiger partial charge on any atom is -0.313 e. The number of aryl methyl sites for hydroxylation is 1. The molecule has 0 saturated carbocycles. The average Bonchev–Trinajstić information content (AvgIpc) is 2.41. The van der Waals surface area contributed by atoms with E-state index in [0.717, 1.165) is 21.1 Å². The summed E-state index contributed by atoms with van der Waals surface area (Å²) in [5, 5.41) is 3.37. The zero-order valence-corrected chi connectivity index (χ0v) is 14.1. The molecule has 1 unspecified atom stereocenters. The van der Waals surface area contributed by atoms with Crippen LogP contribution in [0.1, 0.15) is 22.9 Å². The third kappa shape index (κ3) is 3.65. The van der Waals surface area contributed by atoms with Crippen molar-refractivity contribution in [2.75, 3.05) is 7.05 Å². The van der Waals surface area contributed by atoms with Crippen molar-refractivity contribution in [2.24, 2.45) is 0 Å². The molecule has 0 aliphatic carbocycles. The minimum absolute atomic E-state index is 0.237. The second-order valence-corrected chi connectivity index (χ2v) is 6.25. The van der Waals surface area contributed by atoms with E-state index in [1.54, 1.807) is 0 Å². The number of pyridine rings is 1. The summed E-state index contributed by atoms with van der Waals surface area (Å²) in [5.74, 6) is 0. The number of rotatable bonds is 4. The quantitative estimate of drug-likeness (QED) is 0.845. The van der Waals surface area contributed by atoms with E-state index >= 15 is 0 Å². The molecule has 1 atom stereocenters. The lowest BCUT2D eigenvalue weighted by Gasteiger charge is -2.19. The van der Waals surface area contributed by atoms with Gasteiger partial charge in [-0.1, -0.05) is 37.9 Å². The normalized spacial score (nSPS) is 12.4. The van der Waals surface area contributed by atoms with Crippen LogP contribution in [0, 0.1) is 6.92 Å². The van der Waals surface area contributed by atoms with Crippen molar-refractivity contribution in [3.63, 3.8) is 0 Å². The van der Waals surface area contributed by atoms with Gasteiger partial charge >= 0.3 is 0 Å². The number of nitrogens with one attached hydrogen (secondary N) is 1. The molecule has 100 valence electrons. The first-order valence-electron chi connectivity index (χ1n) is 6.14.